The maximum absolute atomic E-state index is 13.6. The first-order valence-electron chi connectivity index (χ1n) is 11.5. The molecule has 4 rings (SSSR count). The molecule has 0 aliphatic heterocycles. The molecule has 0 bridgehead atoms. The van der Waals surface area contributed by atoms with Gasteiger partial charge in [-0.05, 0) is 35.9 Å². The van der Waals surface area contributed by atoms with Crippen LogP contribution < -0.4 is 16.0 Å². The molecule has 3 aromatic heterocycles. The van der Waals surface area contributed by atoms with Crippen LogP contribution in [0.15, 0.2) is 65.8 Å². The first-order chi connectivity index (χ1) is 18.2. The molecular weight excluding hydrogens is 508 g/mol. The van der Waals surface area contributed by atoms with E-state index in [2.05, 4.69) is 16.2 Å². The number of ketones is 1. The molecule has 11 heteroatoms. The molecule has 4 aromatic rings. The van der Waals surface area contributed by atoms with E-state index in [0.29, 0.717) is 33.0 Å². The Hall–Kier alpha value is -4.75. The molecule has 2 N–H and O–H groups in total. The van der Waals surface area contributed by atoms with Crippen molar-refractivity contribution in [1.82, 2.24) is 19.3 Å². The highest BCUT2D eigenvalue weighted by Gasteiger charge is 2.25. The summed E-state index contributed by atoms with van der Waals surface area (Å²) in [7, 11) is 3.19. The van der Waals surface area contributed by atoms with Gasteiger partial charge in [0.25, 0.3) is 11.5 Å². The fourth-order valence-corrected chi connectivity index (χ4v) is 4.29. The molecule has 0 saturated carbocycles. The van der Waals surface area contributed by atoms with E-state index in [1.54, 1.807) is 48.3 Å². The number of aromatic nitrogens is 4. The number of pyridine rings is 2. The maximum atomic E-state index is 13.6. The second-order valence-corrected chi connectivity index (χ2v) is 9.00. The van der Waals surface area contributed by atoms with Crippen molar-refractivity contribution >= 4 is 23.3 Å². The molecule has 0 aliphatic rings. The predicted octanol–water partition coefficient (Wildman–Crippen LogP) is 2.87. The number of Topliss-reactive ketones (excluding diaryl/α,β-unsaturated/α-hetero) is 1. The molecule has 1 amide bonds. The number of carbonyl (C=O) groups is 2. The SMILES string of the molecule is COc1cn(C(Cc2ccn(C)n2)C(=O)Cc2ccc(C(N)=O)nc2)c(=O)cc1-c1cc(Cl)ccc1C#N. The Morgan fingerprint density at radius 3 is 2.58 bits per heavy atom. The van der Waals surface area contributed by atoms with Crippen LogP contribution >= 0.6 is 11.6 Å². The van der Waals surface area contributed by atoms with Crippen LogP contribution in [0.25, 0.3) is 11.1 Å². The number of nitrogens with zero attached hydrogens (tertiary/aromatic N) is 5. The minimum atomic E-state index is -0.925. The summed E-state index contributed by atoms with van der Waals surface area (Å²) in [6.45, 7) is 0. The van der Waals surface area contributed by atoms with Crippen molar-refractivity contribution in [3.05, 3.63) is 98.9 Å². The van der Waals surface area contributed by atoms with Crippen LogP contribution in [-0.2, 0) is 24.7 Å². The third kappa shape index (κ3) is 5.63. The first kappa shape index (κ1) is 26.3. The molecule has 0 aliphatic carbocycles. The van der Waals surface area contributed by atoms with Gasteiger partial charge < -0.3 is 15.0 Å². The van der Waals surface area contributed by atoms with E-state index in [0.717, 1.165) is 0 Å². The van der Waals surface area contributed by atoms with E-state index < -0.39 is 17.5 Å². The Bertz CT molecular complexity index is 1620. The van der Waals surface area contributed by atoms with Crippen LogP contribution in [0.5, 0.6) is 5.75 Å². The van der Waals surface area contributed by atoms with Crippen LogP contribution in [0.3, 0.4) is 0 Å². The van der Waals surface area contributed by atoms with Gasteiger partial charge in [-0.1, -0.05) is 17.7 Å². The minimum Gasteiger partial charge on any atom is -0.495 e. The number of amides is 1. The van der Waals surface area contributed by atoms with Crippen molar-refractivity contribution in [3.63, 3.8) is 0 Å². The summed E-state index contributed by atoms with van der Waals surface area (Å²) in [5.41, 5.74) is 7.17. The highest BCUT2D eigenvalue weighted by atomic mass is 35.5. The summed E-state index contributed by atoms with van der Waals surface area (Å²) in [6.07, 6.45) is 4.71. The summed E-state index contributed by atoms with van der Waals surface area (Å²) in [5.74, 6) is -0.662. The molecule has 0 radical (unpaired) electrons. The lowest BCUT2D eigenvalue weighted by Crippen LogP contribution is -2.32. The van der Waals surface area contributed by atoms with Crippen molar-refractivity contribution in [1.29, 1.82) is 5.26 Å². The van der Waals surface area contributed by atoms with Crippen LogP contribution in [0.2, 0.25) is 5.02 Å². The zero-order valence-electron chi connectivity index (χ0n) is 20.6. The normalized spacial score (nSPS) is 11.5. The lowest BCUT2D eigenvalue weighted by atomic mass is 9.98. The molecule has 1 unspecified atom stereocenters. The molecule has 1 aromatic carbocycles. The molecule has 3 heterocycles. The molecule has 0 spiro atoms. The van der Waals surface area contributed by atoms with Crippen molar-refractivity contribution in [3.8, 4) is 22.9 Å². The van der Waals surface area contributed by atoms with E-state index >= 15 is 0 Å². The Morgan fingerprint density at radius 1 is 1.18 bits per heavy atom. The number of nitriles is 1. The summed E-state index contributed by atoms with van der Waals surface area (Å²) >= 11 is 6.16. The lowest BCUT2D eigenvalue weighted by Gasteiger charge is -2.20. The summed E-state index contributed by atoms with van der Waals surface area (Å²) in [5, 5.41) is 14.3. The molecule has 38 heavy (non-hydrogen) atoms. The zero-order valence-corrected chi connectivity index (χ0v) is 21.3. The van der Waals surface area contributed by atoms with Gasteiger partial charge in [-0.15, -0.1) is 0 Å². The van der Waals surface area contributed by atoms with Crippen molar-refractivity contribution in [2.24, 2.45) is 12.8 Å². The van der Waals surface area contributed by atoms with Crippen molar-refractivity contribution in [2.45, 2.75) is 18.9 Å². The number of methoxy groups -OCH3 is 1. The number of halogens is 1. The fourth-order valence-electron chi connectivity index (χ4n) is 4.11. The van der Waals surface area contributed by atoms with E-state index in [9.17, 15) is 19.6 Å². The van der Waals surface area contributed by atoms with E-state index in [1.165, 1.54) is 36.2 Å². The fraction of sp³-hybridized carbons (Fsp3) is 0.185. The number of nitrogens with two attached hydrogens (primary N) is 1. The van der Waals surface area contributed by atoms with Gasteiger partial charge in [0.05, 0.1) is 30.6 Å². The molecular formula is C27H23ClN6O4. The van der Waals surface area contributed by atoms with Crippen molar-refractivity contribution in [2.75, 3.05) is 7.11 Å². The molecule has 0 saturated heterocycles. The second kappa shape index (κ2) is 11.1. The maximum Gasteiger partial charge on any atom is 0.267 e. The quantitative estimate of drug-likeness (QED) is 0.350. The van der Waals surface area contributed by atoms with Crippen LogP contribution in [-0.4, -0.2) is 38.1 Å². The Balaban J connectivity index is 1.78. The monoisotopic (exact) mass is 530 g/mol. The third-order valence-electron chi connectivity index (χ3n) is 5.99. The zero-order chi connectivity index (χ0) is 27.4. The highest BCUT2D eigenvalue weighted by Crippen LogP contribution is 2.33. The molecule has 10 nitrogen and oxygen atoms in total. The Kier molecular flexibility index (Phi) is 7.69. The summed E-state index contributed by atoms with van der Waals surface area (Å²) in [4.78, 5) is 42.3. The average Bonchev–Trinajstić information content (AvgIpc) is 3.32. The smallest absolute Gasteiger partial charge is 0.267 e. The van der Waals surface area contributed by atoms with Gasteiger partial charge >= 0.3 is 0 Å². The predicted molar refractivity (Wildman–Crippen MR) is 140 cm³/mol. The van der Waals surface area contributed by atoms with Crippen LogP contribution in [0, 0.1) is 11.3 Å². The number of primary amides is 1. The van der Waals surface area contributed by atoms with Gasteiger partial charge in [0.15, 0.2) is 5.78 Å². The van der Waals surface area contributed by atoms with E-state index in [-0.39, 0.29) is 30.1 Å². The number of rotatable bonds is 9. The second-order valence-electron chi connectivity index (χ2n) is 8.56. The Labute approximate surface area is 222 Å². The van der Waals surface area contributed by atoms with Crippen LogP contribution in [0.4, 0.5) is 0 Å². The number of carbonyl (C=O) groups excluding carboxylic acids is 2. The van der Waals surface area contributed by atoms with E-state index in [1.807, 2.05) is 0 Å². The van der Waals surface area contributed by atoms with Gasteiger partial charge in [0.2, 0.25) is 0 Å². The van der Waals surface area contributed by atoms with Gasteiger partial charge in [0, 0.05) is 54.5 Å². The van der Waals surface area contributed by atoms with Crippen molar-refractivity contribution < 1.29 is 14.3 Å². The number of ether oxygens (including phenoxy) is 1. The first-order valence-corrected chi connectivity index (χ1v) is 11.8. The van der Waals surface area contributed by atoms with Crippen LogP contribution in [0.1, 0.15) is 33.4 Å². The largest absolute Gasteiger partial charge is 0.495 e. The summed E-state index contributed by atoms with van der Waals surface area (Å²) in [6, 6.07) is 12.0. The lowest BCUT2D eigenvalue weighted by molar-refractivity contribution is -0.121. The molecule has 0 fully saturated rings. The average molecular weight is 531 g/mol. The molecule has 192 valence electrons. The third-order valence-corrected chi connectivity index (χ3v) is 6.23. The summed E-state index contributed by atoms with van der Waals surface area (Å²) < 4.78 is 8.49. The van der Waals surface area contributed by atoms with Gasteiger partial charge in [-0.25, -0.2) is 0 Å². The standard InChI is InChI=1S/C27H23ClN6O4/c1-33-8-7-19(32-33)11-23(24(35)9-16-3-6-22(27(30)37)31-14-16)34-15-25(38-2)21(12-26(34)36)20-10-18(28)5-4-17(20)13-29/h3-8,10,12,14-15,23H,9,11H2,1-2H3,(H2,30,37). The number of hydrogen-bond acceptors (Lipinski definition) is 7. The number of benzene rings is 1. The molecule has 1 atom stereocenters. The Morgan fingerprint density at radius 2 is 1.97 bits per heavy atom. The number of hydrogen-bond donors (Lipinski definition) is 1. The topological polar surface area (TPSA) is 146 Å². The van der Waals surface area contributed by atoms with Gasteiger partial charge in [-0.2, -0.15) is 10.4 Å². The number of aryl methyl sites for hydroxylation is 1. The van der Waals surface area contributed by atoms with Gasteiger partial charge in [0.1, 0.15) is 17.5 Å². The minimum absolute atomic E-state index is 0.0487. The highest BCUT2D eigenvalue weighted by molar-refractivity contribution is 6.31. The van der Waals surface area contributed by atoms with E-state index in [4.69, 9.17) is 22.1 Å². The van der Waals surface area contributed by atoms with Gasteiger partial charge in [-0.3, -0.25) is 24.0 Å².